The molecule has 7 rings (SSSR count). The molecule has 17 nitrogen and oxygen atoms in total. The summed E-state index contributed by atoms with van der Waals surface area (Å²) < 4.78 is 69.8. The fraction of sp³-hybridized carbons (Fsp3) is 0.413. The third-order valence-corrected chi connectivity index (χ3v) is 72.7. The maximum absolute atomic E-state index is 12.8. The molecule has 93 heavy (non-hydrogen) atoms. The van der Waals surface area contributed by atoms with Crippen LogP contribution in [0.25, 0.3) is 0 Å². The van der Waals surface area contributed by atoms with Gasteiger partial charge in [0.15, 0.2) is 0 Å². The predicted octanol–water partition coefficient (Wildman–Crippen LogP) is 9.32. The molecule has 0 amide bonds. The number of rotatable bonds is 6. The number of non-ortho nitro benzene ring substituents is 2. The van der Waals surface area contributed by atoms with Crippen LogP contribution in [0, 0.1) is 42.4 Å². The number of nitrogen functional groups attached to an aromatic ring is 1. The van der Waals surface area contributed by atoms with E-state index in [1.807, 2.05) is 113 Å². The van der Waals surface area contributed by atoms with E-state index in [1.165, 1.54) is 62.3 Å². The number of pyridine rings is 1. The second-order valence-corrected chi connectivity index (χ2v) is 69.0. The third kappa shape index (κ3) is 30.3. The van der Waals surface area contributed by atoms with E-state index in [0.717, 1.165) is 56.2 Å². The summed E-state index contributed by atoms with van der Waals surface area (Å²) >= 11 is 9.57. The number of carbonyl (C=O) groups excluding carboxylic acids is 3. The number of dihydropyridines is 1. The van der Waals surface area contributed by atoms with E-state index in [9.17, 15) is 39.9 Å². The topological polar surface area (TPSA) is 269 Å². The average Bonchev–Trinajstić information content (AvgIpc) is 0.740. The second-order valence-electron chi connectivity index (χ2n) is 19.5. The number of ketones is 1. The molecule has 2 aromatic carbocycles. The van der Waals surface area contributed by atoms with Crippen LogP contribution in [-0.2, 0) is 308 Å². The zero-order valence-corrected chi connectivity index (χ0v) is 73.6. The summed E-state index contributed by atoms with van der Waals surface area (Å²) in [5.74, 6) is -1.43. The van der Waals surface area contributed by atoms with Crippen LogP contribution in [0.1, 0.15) is 133 Å². The fourth-order valence-corrected chi connectivity index (χ4v) is 80.0. The first-order valence-electron chi connectivity index (χ1n) is 31.3. The van der Waals surface area contributed by atoms with Gasteiger partial charge in [-0.25, -0.2) is 14.6 Å². The number of methoxy groups -OCH3 is 2. The van der Waals surface area contributed by atoms with Crippen molar-refractivity contribution in [3.8, 4) is 6.07 Å². The van der Waals surface area contributed by atoms with Gasteiger partial charge in [0.2, 0.25) is 0 Å². The molecule has 3 heterocycles. The number of esters is 2. The number of anilines is 2. The summed E-state index contributed by atoms with van der Waals surface area (Å²) in [6, 6.07) is 14.0. The van der Waals surface area contributed by atoms with Crippen LogP contribution in [0.15, 0.2) is 82.5 Å². The normalized spacial score (nSPS) is 16.2. The molecule has 1 aromatic heterocycles. The molecular weight excluding hydrogens is 1770 g/mol. The first kappa shape index (κ1) is 75.2. The second kappa shape index (κ2) is 46.8. The lowest BCUT2D eigenvalue weighted by atomic mass is 9.73. The van der Waals surface area contributed by atoms with Crippen LogP contribution in [0.4, 0.5) is 22.9 Å². The molecule has 4 aliphatic rings. The Kier molecular flexibility index (Phi) is 37.9. The number of nitrogens with one attached hydrogen (secondary N) is 2. The monoisotopic (exact) mass is 1850 g/mol. The molecule has 0 radical (unpaired) electrons. The third-order valence-electron chi connectivity index (χ3n) is 12.7. The number of fused-ring (bicyclic) bond motifs is 2. The Balaban J connectivity index is -0.000000650. The summed E-state index contributed by atoms with van der Waals surface area (Å²) in [5, 5.41) is 37.8. The van der Waals surface area contributed by atoms with Crippen molar-refractivity contribution in [3.05, 3.63) is 131 Å². The Morgan fingerprint density at radius 3 is 1.35 bits per heavy atom. The number of benzene rings is 2. The Morgan fingerprint density at radius 1 is 0.624 bits per heavy atom. The number of ether oxygens (including phenoxy) is 2. The molecule has 0 saturated heterocycles. The fourth-order valence-electron chi connectivity index (χ4n) is 8.67. The van der Waals surface area contributed by atoms with E-state index in [1.54, 1.807) is 156 Å². The molecule has 2 aliphatic heterocycles. The SMILES string of the molecule is CC1(C)CCC(=O)CC1.COC(=O)C1=C(C)NC(N)=C(C#N)C1c1cccc([N+](=O)[O-])c1.COC(=O)C1=C(C)Nc2nc3c(c(N)c2C1c1cccc([N+](=O)[O-])c1)CC(C)(C)CC3.S=S=S=S=S=S=S=S=S=S=S=S=S=S=S=S=S=S=S=S=S=S=S=S=S=S=S=S=S=S.[2HH].[2H][2H].[2H][2H].[2H][2H].[2H][2H].[2H][2H].[2H][2H]. The Bertz CT molecular complexity index is 4910. The van der Waals surface area contributed by atoms with Gasteiger partial charge in [-0.1, -0.05) is 52.0 Å². The number of nitro groups is 2. The van der Waals surface area contributed by atoms with Crippen LogP contribution >= 0.6 is 0 Å². The van der Waals surface area contributed by atoms with Crippen LogP contribution < -0.4 is 22.1 Å². The van der Waals surface area contributed by atoms with E-state index in [4.69, 9.17) is 66.1 Å². The van der Waals surface area contributed by atoms with Gasteiger partial charge in [-0.05, 0) is 73.5 Å². The number of nitro benzene ring substituents is 2. The molecule has 2 aliphatic carbocycles. The molecule has 2 atom stereocenters. The highest BCUT2D eigenvalue weighted by Crippen LogP contribution is 2.49. The quantitative estimate of drug-likeness (QED) is 0.102. The zero-order valence-electron chi connectivity index (χ0n) is 61.1. The average molecular weight is 1850 g/mol. The molecule has 47 heteroatoms. The number of hydrogen-bond acceptors (Lipinski definition) is 17. The Morgan fingerprint density at radius 2 is 0.989 bits per heavy atom. The van der Waals surface area contributed by atoms with Crippen molar-refractivity contribution in [1.29, 1.82) is 5.26 Å². The van der Waals surface area contributed by atoms with Gasteiger partial charge in [-0.3, -0.25) is 25.0 Å². The summed E-state index contributed by atoms with van der Waals surface area (Å²) in [4.78, 5) is 61.9. The lowest BCUT2D eigenvalue weighted by molar-refractivity contribution is -0.385. The first-order chi connectivity index (χ1) is 50.5. The molecule has 2 unspecified atom stereocenters. The minimum Gasteiger partial charge on any atom is -0.466 e. The lowest BCUT2D eigenvalue weighted by Crippen LogP contribution is -2.32. The molecular formula is C46H68N8O9S30. The van der Waals surface area contributed by atoms with Crippen molar-refractivity contribution < 1.29 is 52.9 Å². The van der Waals surface area contributed by atoms with Crippen molar-refractivity contribution in [2.75, 3.05) is 25.3 Å². The van der Waals surface area contributed by atoms with Gasteiger partial charge < -0.3 is 31.6 Å². The predicted molar refractivity (Wildman–Crippen MR) is 471 cm³/mol. The molecule has 6 N–H and O–H groups in total. The van der Waals surface area contributed by atoms with Crippen molar-refractivity contribution in [2.24, 2.45) is 16.6 Å². The van der Waals surface area contributed by atoms with Crippen LogP contribution in [-0.4, -0.2) is 46.8 Å². The summed E-state index contributed by atoms with van der Waals surface area (Å²) in [6.45, 7) is 12.3. The molecule has 1 fully saturated rings. The van der Waals surface area contributed by atoms with E-state index in [0.29, 0.717) is 56.4 Å². The van der Waals surface area contributed by atoms with Crippen molar-refractivity contribution in [1.82, 2.24) is 10.3 Å². The highest BCUT2D eigenvalue weighted by Gasteiger charge is 2.39. The van der Waals surface area contributed by atoms with Gasteiger partial charge in [0.05, 0.1) is 52.8 Å². The largest absolute Gasteiger partial charge is 0.466 e. The maximum Gasteiger partial charge on any atom is 0.336 e. The van der Waals surface area contributed by atoms with Gasteiger partial charge in [-0.2, -0.15) is 5.26 Å². The van der Waals surface area contributed by atoms with Gasteiger partial charge >= 0.3 is 11.9 Å². The number of nitriles is 1. The van der Waals surface area contributed by atoms with Gasteiger partial charge in [0.25, 0.3) is 11.4 Å². The van der Waals surface area contributed by atoms with Crippen LogP contribution in [0.5, 0.6) is 0 Å². The summed E-state index contributed by atoms with van der Waals surface area (Å²) in [6.07, 6.45) is 6.43. The highest BCUT2D eigenvalue weighted by atomic mass is 33.5. The lowest BCUT2D eigenvalue weighted by Gasteiger charge is -2.36. The smallest absolute Gasteiger partial charge is 0.336 e. The minimum absolute atomic E-state index is 0. The number of hydrogen-bond donors (Lipinski definition) is 4. The molecule has 0 bridgehead atoms. The number of aromatic nitrogens is 1. The minimum atomic E-state index is -0.825. The zero-order chi connectivity index (χ0) is 80.3. The van der Waals surface area contributed by atoms with E-state index < -0.39 is 33.6 Å². The van der Waals surface area contributed by atoms with Gasteiger partial charge in [-0.15, -0.1) is 0 Å². The van der Waals surface area contributed by atoms with Crippen LogP contribution in [0.3, 0.4) is 0 Å². The number of nitrogens with two attached hydrogens (primary N) is 2. The number of nitrogens with zero attached hydrogens (tertiary/aromatic N) is 4. The van der Waals surface area contributed by atoms with Crippen LogP contribution in [0.2, 0.25) is 0 Å². The van der Waals surface area contributed by atoms with E-state index in [2.05, 4.69) is 38.3 Å². The van der Waals surface area contributed by atoms with Crippen molar-refractivity contribution in [3.63, 3.8) is 0 Å². The first-order valence-corrected chi connectivity index (χ1v) is 64.0. The number of Topliss-reactive ketones (excluding diaryl/α,β-unsaturated/α-hetero) is 1. The van der Waals surface area contributed by atoms with Gasteiger partial charge in [0.1, 0.15) is 17.4 Å². The highest BCUT2D eigenvalue weighted by molar-refractivity contribution is 8.80. The Labute approximate surface area is 647 Å². The summed E-state index contributed by atoms with van der Waals surface area (Å²) in [5.41, 5.74) is 18.9. The summed E-state index contributed by atoms with van der Waals surface area (Å²) in [7, 11) is 51.6. The number of aryl methyl sites for hydroxylation is 1. The molecule has 526 valence electrons. The van der Waals surface area contributed by atoms with E-state index >= 15 is 0 Å². The van der Waals surface area contributed by atoms with E-state index in [-0.39, 0.29) is 35.2 Å². The van der Waals surface area contributed by atoms with Crippen molar-refractivity contribution >= 4 is 312 Å². The van der Waals surface area contributed by atoms with Gasteiger partial charge in [0, 0.05) is 362 Å². The molecule has 0 spiro atoms. The standard InChI is InChI=1S/C23H26N4O4.C15H14N4O4.C8H14O.S30.7H2/c1-12-17(22(28)31-4)18(13-6-5-7-14(10-13)27(29)30)19-20(24)15-11-23(2,3)9-8-16(15)26-21(19)25-12;1-8-12(15(20)23-2)13(11(7-16)14(17)18-8)9-4-3-5-10(6-9)19(21)22;1-8(2)5-3-7(9)4-6-8;1-3-5-7-9-11-13-15-17-19-21-23-25-27-29-30-28-26-24-22-20-18-16-14-12-10-8-6-4-2;;;;;;;/h5-7,10,18H,8-9,11H2,1-4H3,(H3,24,25,26);3-6,13,18H,17H2,1-2H3;3-6H2,1-2H3;;7*1H/i;;;;6*1+1D;1+1. The maximum atomic E-state index is 12.8. The molecule has 1 saturated carbocycles. The number of allylic oxidation sites excluding steroid dienone is 3. The van der Waals surface area contributed by atoms with Crippen molar-refractivity contribution in [2.45, 2.75) is 98.3 Å². The number of carbonyl (C=O) groups is 3. The molecule has 3 aromatic rings. The Hall–Kier alpha value is -0.490.